The molecule has 0 heterocycles. The first kappa shape index (κ1) is 15.0. The molecule has 1 saturated carbocycles. The summed E-state index contributed by atoms with van der Waals surface area (Å²) >= 11 is 3.48. The molecule has 2 nitrogen and oxygen atoms in total. The van der Waals surface area contributed by atoms with Crippen LogP contribution in [0.1, 0.15) is 44.6 Å². The number of halogens is 1. The molecule has 0 saturated heterocycles. The average molecular weight is 326 g/mol. The van der Waals surface area contributed by atoms with E-state index >= 15 is 0 Å². The van der Waals surface area contributed by atoms with E-state index in [-0.39, 0.29) is 0 Å². The summed E-state index contributed by atoms with van der Waals surface area (Å²) in [6, 6.07) is 9.45. The molecule has 3 heteroatoms. The van der Waals surface area contributed by atoms with Crippen LogP contribution in [0.4, 0.5) is 0 Å². The first-order valence-corrected chi connectivity index (χ1v) is 8.05. The van der Waals surface area contributed by atoms with Crippen LogP contribution < -0.4 is 5.32 Å². The summed E-state index contributed by atoms with van der Waals surface area (Å²) in [6.45, 7) is 6.11. The largest absolute Gasteiger partial charge is 0.379 e. The lowest BCUT2D eigenvalue weighted by atomic mass is 9.76. The third-order valence-corrected chi connectivity index (χ3v) is 4.21. The van der Waals surface area contributed by atoms with Gasteiger partial charge >= 0.3 is 0 Å². The zero-order valence-electron chi connectivity index (χ0n) is 11.9. The maximum atomic E-state index is 5.53. The van der Waals surface area contributed by atoms with Gasteiger partial charge in [0.1, 0.15) is 0 Å². The molecule has 0 bridgehead atoms. The molecule has 19 heavy (non-hydrogen) atoms. The second kappa shape index (κ2) is 7.41. The normalized spacial score (nSPS) is 22.5. The van der Waals surface area contributed by atoms with Crippen molar-refractivity contribution in [3.05, 3.63) is 34.3 Å². The van der Waals surface area contributed by atoms with Gasteiger partial charge < -0.3 is 10.1 Å². The van der Waals surface area contributed by atoms with Gasteiger partial charge in [0, 0.05) is 17.1 Å². The number of hydrogen-bond donors (Lipinski definition) is 1. The summed E-state index contributed by atoms with van der Waals surface area (Å²) in [5.74, 6) is 0.748. The fourth-order valence-electron chi connectivity index (χ4n) is 2.49. The molecule has 1 aliphatic carbocycles. The highest BCUT2D eigenvalue weighted by molar-refractivity contribution is 9.10. The Labute approximate surface area is 125 Å². The van der Waals surface area contributed by atoms with Crippen molar-refractivity contribution in [2.75, 3.05) is 13.2 Å². The standard InChI is InChI=1S/C16H24BrNO/c1-12(2)19-9-3-8-18-16-10-14(11-16)13-4-6-15(17)7-5-13/h4-7,12,14,16,18H,3,8-11H2,1-2H3. The fraction of sp³-hybridized carbons (Fsp3) is 0.625. The van der Waals surface area contributed by atoms with Gasteiger partial charge in [0.25, 0.3) is 0 Å². The van der Waals surface area contributed by atoms with E-state index in [0.29, 0.717) is 12.1 Å². The summed E-state index contributed by atoms with van der Waals surface area (Å²) in [5, 5.41) is 3.61. The summed E-state index contributed by atoms with van der Waals surface area (Å²) in [6.07, 6.45) is 4.00. The first-order chi connectivity index (χ1) is 9.15. The number of ether oxygens (including phenoxy) is 1. The quantitative estimate of drug-likeness (QED) is 0.762. The van der Waals surface area contributed by atoms with E-state index in [4.69, 9.17) is 4.74 Å². The van der Waals surface area contributed by atoms with E-state index in [9.17, 15) is 0 Å². The predicted octanol–water partition coefficient (Wildman–Crippen LogP) is 4.10. The predicted molar refractivity (Wildman–Crippen MR) is 83.6 cm³/mol. The first-order valence-electron chi connectivity index (χ1n) is 7.25. The van der Waals surface area contributed by atoms with Gasteiger partial charge in [-0.3, -0.25) is 0 Å². The van der Waals surface area contributed by atoms with Crippen LogP contribution in [0.3, 0.4) is 0 Å². The van der Waals surface area contributed by atoms with Crippen molar-refractivity contribution < 1.29 is 4.74 Å². The SMILES string of the molecule is CC(C)OCCCNC1CC(c2ccc(Br)cc2)C1. The lowest BCUT2D eigenvalue weighted by molar-refractivity contribution is 0.0760. The smallest absolute Gasteiger partial charge is 0.0518 e. The van der Waals surface area contributed by atoms with Crippen LogP contribution in [0.25, 0.3) is 0 Å². The second-order valence-electron chi connectivity index (χ2n) is 5.64. The fourth-order valence-corrected chi connectivity index (χ4v) is 2.75. The van der Waals surface area contributed by atoms with Gasteiger partial charge in [-0.25, -0.2) is 0 Å². The van der Waals surface area contributed by atoms with Crippen molar-refractivity contribution in [2.45, 2.75) is 51.2 Å². The third kappa shape index (κ3) is 4.90. The molecule has 0 aromatic heterocycles. The van der Waals surface area contributed by atoms with Gasteiger partial charge in [0.05, 0.1) is 6.10 Å². The Morgan fingerprint density at radius 1 is 1.26 bits per heavy atom. The lowest BCUT2D eigenvalue weighted by Crippen LogP contribution is -2.40. The Bertz CT molecular complexity index is 371. The van der Waals surface area contributed by atoms with Crippen molar-refractivity contribution in [3.63, 3.8) is 0 Å². The third-order valence-electron chi connectivity index (χ3n) is 3.68. The van der Waals surface area contributed by atoms with E-state index in [2.05, 4.69) is 59.4 Å². The monoisotopic (exact) mass is 325 g/mol. The zero-order chi connectivity index (χ0) is 13.7. The van der Waals surface area contributed by atoms with Crippen molar-refractivity contribution in [2.24, 2.45) is 0 Å². The topological polar surface area (TPSA) is 21.3 Å². The number of nitrogens with one attached hydrogen (secondary N) is 1. The molecular formula is C16H24BrNO. The van der Waals surface area contributed by atoms with Gasteiger partial charge in [-0.15, -0.1) is 0 Å². The number of benzene rings is 1. The Morgan fingerprint density at radius 3 is 2.58 bits per heavy atom. The van der Waals surface area contributed by atoms with Crippen molar-refractivity contribution in [3.8, 4) is 0 Å². The molecule has 0 amide bonds. The summed E-state index contributed by atoms with van der Waals surface area (Å²) < 4.78 is 6.69. The molecule has 1 aromatic rings. The molecule has 1 aromatic carbocycles. The molecule has 1 N–H and O–H groups in total. The van der Waals surface area contributed by atoms with Gasteiger partial charge in [0.15, 0.2) is 0 Å². The van der Waals surface area contributed by atoms with Crippen LogP contribution in [0.2, 0.25) is 0 Å². The summed E-state index contributed by atoms with van der Waals surface area (Å²) in [4.78, 5) is 0. The Morgan fingerprint density at radius 2 is 1.95 bits per heavy atom. The molecule has 106 valence electrons. The molecule has 2 rings (SSSR count). The second-order valence-corrected chi connectivity index (χ2v) is 6.56. The van der Waals surface area contributed by atoms with Crippen LogP contribution in [-0.4, -0.2) is 25.3 Å². The van der Waals surface area contributed by atoms with E-state index in [1.807, 2.05) is 0 Å². The van der Waals surface area contributed by atoms with E-state index in [1.54, 1.807) is 0 Å². The molecular weight excluding hydrogens is 302 g/mol. The van der Waals surface area contributed by atoms with Crippen molar-refractivity contribution >= 4 is 15.9 Å². The van der Waals surface area contributed by atoms with E-state index in [0.717, 1.165) is 30.0 Å². The highest BCUT2D eigenvalue weighted by atomic mass is 79.9. The molecule has 0 atom stereocenters. The number of hydrogen-bond acceptors (Lipinski definition) is 2. The van der Waals surface area contributed by atoms with Crippen LogP contribution in [0, 0.1) is 0 Å². The molecule has 1 aliphatic rings. The molecule has 1 fully saturated rings. The van der Waals surface area contributed by atoms with Gasteiger partial charge in [-0.05, 0) is 63.3 Å². The highest BCUT2D eigenvalue weighted by Crippen LogP contribution is 2.37. The molecule has 0 spiro atoms. The van der Waals surface area contributed by atoms with E-state index < -0.39 is 0 Å². The maximum absolute atomic E-state index is 5.53. The zero-order valence-corrected chi connectivity index (χ0v) is 13.4. The molecule has 0 unspecified atom stereocenters. The Kier molecular flexibility index (Phi) is 5.86. The highest BCUT2D eigenvalue weighted by Gasteiger charge is 2.29. The van der Waals surface area contributed by atoms with Crippen LogP contribution in [0.5, 0.6) is 0 Å². The van der Waals surface area contributed by atoms with E-state index in [1.165, 1.54) is 18.4 Å². The minimum atomic E-state index is 0.352. The Hall–Kier alpha value is -0.380. The lowest BCUT2D eigenvalue weighted by Gasteiger charge is -2.36. The summed E-state index contributed by atoms with van der Waals surface area (Å²) in [5.41, 5.74) is 1.48. The molecule has 0 aliphatic heterocycles. The Balaban J connectivity index is 1.57. The minimum Gasteiger partial charge on any atom is -0.379 e. The van der Waals surface area contributed by atoms with Crippen LogP contribution in [-0.2, 0) is 4.74 Å². The van der Waals surface area contributed by atoms with Crippen LogP contribution >= 0.6 is 15.9 Å². The minimum absolute atomic E-state index is 0.352. The number of rotatable bonds is 7. The maximum Gasteiger partial charge on any atom is 0.0518 e. The average Bonchev–Trinajstić information content (AvgIpc) is 2.32. The van der Waals surface area contributed by atoms with Crippen molar-refractivity contribution in [1.82, 2.24) is 5.32 Å². The molecule has 0 radical (unpaired) electrons. The van der Waals surface area contributed by atoms with Gasteiger partial charge in [0.2, 0.25) is 0 Å². The van der Waals surface area contributed by atoms with Gasteiger partial charge in [-0.2, -0.15) is 0 Å². The summed E-state index contributed by atoms with van der Waals surface area (Å²) in [7, 11) is 0. The van der Waals surface area contributed by atoms with Gasteiger partial charge in [-0.1, -0.05) is 28.1 Å². The van der Waals surface area contributed by atoms with Crippen LogP contribution in [0.15, 0.2) is 28.7 Å². The van der Waals surface area contributed by atoms with Crippen molar-refractivity contribution in [1.29, 1.82) is 0 Å².